The molecule has 128 valence electrons. The van der Waals surface area contributed by atoms with Crippen molar-refractivity contribution in [1.29, 1.82) is 0 Å². The molecule has 0 aliphatic carbocycles. The first-order valence-corrected chi connectivity index (χ1v) is 9.03. The molecule has 0 radical (unpaired) electrons. The highest BCUT2D eigenvalue weighted by Crippen LogP contribution is 2.22. The van der Waals surface area contributed by atoms with Gasteiger partial charge in [0.15, 0.2) is 5.13 Å². The average Bonchev–Trinajstić information content (AvgIpc) is 3.06. The van der Waals surface area contributed by atoms with Gasteiger partial charge in [0.05, 0.1) is 0 Å². The van der Waals surface area contributed by atoms with Gasteiger partial charge in [0.1, 0.15) is 5.69 Å². The molecule has 3 aromatic rings. The molecule has 0 spiro atoms. The number of nitrogens with one attached hydrogen (secondary N) is 2. The Morgan fingerprint density at radius 1 is 1.04 bits per heavy atom. The quantitative estimate of drug-likeness (QED) is 0.698. The van der Waals surface area contributed by atoms with Crippen molar-refractivity contribution in [3.8, 4) is 0 Å². The number of hydrogen-bond acceptors (Lipinski definition) is 4. The molecule has 0 unspecified atom stereocenters. The molecule has 0 saturated carbocycles. The van der Waals surface area contributed by atoms with Gasteiger partial charge in [-0.1, -0.05) is 35.9 Å². The Morgan fingerprint density at radius 2 is 1.80 bits per heavy atom. The SMILES string of the molecule is Cc1ccc(CNC(=O)c2csc(Nc3ccc(C)c(C)c3)n2)cc1. The maximum Gasteiger partial charge on any atom is 0.271 e. The molecule has 1 amide bonds. The van der Waals surface area contributed by atoms with E-state index < -0.39 is 0 Å². The minimum atomic E-state index is -0.162. The third-order valence-corrected chi connectivity index (χ3v) is 4.83. The summed E-state index contributed by atoms with van der Waals surface area (Å²) in [5.74, 6) is -0.162. The van der Waals surface area contributed by atoms with Crippen LogP contribution in [-0.2, 0) is 6.54 Å². The van der Waals surface area contributed by atoms with Gasteiger partial charge >= 0.3 is 0 Å². The first-order chi connectivity index (χ1) is 12.0. The van der Waals surface area contributed by atoms with E-state index >= 15 is 0 Å². The van der Waals surface area contributed by atoms with Gasteiger partial charge in [0.25, 0.3) is 5.91 Å². The van der Waals surface area contributed by atoms with Crippen LogP contribution < -0.4 is 10.6 Å². The van der Waals surface area contributed by atoms with Gasteiger partial charge in [0.2, 0.25) is 0 Å². The number of benzene rings is 2. The fourth-order valence-corrected chi connectivity index (χ4v) is 3.07. The van der Waals surface area contributed by atoms with Crippen LogP contribution in [0, 0.1) is 20.8 Å². The number of anilines is 2. The van der Waals surface area contributed by atoms with Crippen LogP contribution in [0.1, 0.15) is 32.7 Å². The van der Waals surface area contributed by atoms with E-state index in [1.165, 1.54) is 28.0 Å². The zero-order chi connectivity index (χ0) is 17.8. The lowest BCUT2D eigenvalue weighted by Gasteiger charge is -2.06. The second kappa shape index (κ2) is 7.49. The van der Waals surface area contributed by atoms with Gasteiger partial charge in [-0.05, 0) is 49.6 Å². The van der Waals surface area contributed by atoms with E-state index in [-0.39, 0.29) is 5.91 Å². The highest BCUT2D eigenvalue weighted by atomic mass is 32.1. The van der Waals surface area contributed by atoms with Crippen LogP contribution in [0.3, 0.4) is 0 Å². The zero-order valence-corrected chi connectivity index (χ0v) is 15.4. The Balaban J connectivity index is 1.61. The fourth-order valence-electron chi connectivity index (χ4n) is 2.36. The summed E-state index contributed by atoms with van der Waals surface area (Å²) in [6.07, 6.45) is 0. The highest BCUT2D eigenvalue weighted by molar-refractivity contribution is 7.14. The summed E-state index contributed by atoms with van der Waals surface area (Å²) in [4.78, 5) is 16.6. The van der Waals surface area contributed by atoms with Crippen LogP contribution in [0.4, 0.5) is 10.8 Å². The molecule has 0 aliphatic heterocycles. The van der Waals surface area contributed by atoms with E-state index in [4.69, 9.17) is 0 Å². The summed E-state index contributed by atoms with van der Waals surface area (Å²) in [6, 6.07) is 14.3. The maximum absolute atomic E-state index is 12.3. The smallest absolute Gasteiger partial charge is 0.271 e. The predicted molar refractivity (Wildman–Crippen MR) is 104 cm³/mol. The normalized spacial score (nSPS) is 10.5. The molecule has 1 aromatic heterocycles. The number of carbonyl (C=O) groups excluding carboxylic acids is 1. The van der Waals surface area contributed by atoms with Gasteiger partial charge in [-0.2, -0.15) is 0 Å². The van der Waals surface area contributed by atoms with Gasteiger partial charge < -0.3 is 10.6 Å². The Morgan fingerprint density at radius 3 is 2.52 bits per heavy atom. The number of hydrogen-bond donors (Lipinski definition) is 2. The summed E-state index contributed by atoms with van der Waals surface area (Å²) in [7, 11) is 0. The molecule has 4 nitrogen and oxygen atoms in total. The lowest BCUT2D eigenvalue weighted by Crippen LogP contribution is -2.23. The molecule has 0 saturated heterocycles. The minimum Gasteiger partial charge on any atom is -0.347 e. The predicted octanol–water partition coefficient (Wildman–Crippen LogP) is 4.74. The van der Waals surface area contributed by atoms with Crippen LogP contribution in [0.5, 0.6) is 0 Å². The van der Waals surface area contributed by atoms with E-state index in [9.17, 15) is 4.79 Å². The standard InChI is InChI=1S/C20H21N3OS/c1-13-4-7-16(8-5-13)11-21-19(24)18-12-25-20(23-18)22-17-9-6-14(2)15(3)10-17/h4-10,12H,11H2,1-3H3,(H,21,24)(H,22,23). The van der Waals surface area contributed by atoms with Crippen LogP contribution in [-0.4, -0.2) is 10.9 Å². The second-order valence-corrected chi connectivity index (χ2v) is 6.99. The number of aryl methyl sites for hydroxylation is 3. The third kappa shape index (κ3) is 4.45. The molecular weight excluding hydrogens is 330 g/mol. The van der Waals surface area contributed by atoms with Gasteiger partial charge in [-0.3, -0.25) is 4.79 Å². The van der Waals surface area contributed by atoms with Crippen LogP contribution >= 0.6 is 11.3 Å². The Kier molecular flexibility index (Phi) is 5.14. The van der Waals surface area contributed by atoms with Gasteiger partial charge in [-0.15, -0.1) is 11.3 Å². The van der Waals surface area contributed by atoms with Crippen molar-refractivity contribution in [1.82, 2.24) is 10.3 Å². The maximum atomic E-state index is 12.3. The molecular formula is C20H21N3OS. The molecule has 3 rings (SSSR count). The number of thiazole rings is 1. The van der Waals surface area contributed by atoms with Crippen molar-refractivity contribution >= 4 is 28.1 Å². The third-order valence-electron chi connectivity index (χ3n) is 4.07. The van der Waals surface area contributed by atoms with Crippen molar-refractivity contribution in [2.75, 3.05) is 5.32 Å². The summed E-state index contributed by atoms with van der Waals surface area (Å²) >= 11 is 1.42. The average molecular weight is 351 g/mol. The first kappa shape index (κ1) is 17.2. The Hall–Kier alpha value is -2.66. The highest BCUT2D eigenvalue weighted by Gasteiger charge is 2.11. The van der Waals surface area contributed by atoms with Crippen molar-refractivity contribution in [3.63, 3.8) is 0 Å². The molecule has 0 fully saturated rings. The molecule has 5 heteroatoms. The second-order valence-electron chi connectivity index (χ2n) is 6.13. The molecule has 0 aliphatic rings. The van der Waals surface area contributed by atoms with E-state index in [0.29, 0.717) is 17.4 Å². The van der Waals surface area contributed by atoms with Crippen molar-refractivity contribution in [3.05, 3.63) is 75.8 Å². The zero-order valence-electron chi connectivity index (χ0n) is 14.6. The summed E-state index contributed by atoms with van der Waals surface area (Å²) in [5, 5.41) is 8.64. The monoisotopic (exact) mass is 351 g/mol. The van der Waals surface area contributed by atoms with Crippen molar-refractivity contribution in [2.24, 2.45) is 0 Å². The van der Waals surface area contributed by atoms with E-state index in [1.54, 1.807) is 5.38 Å². The number of amides is 1. The number of aromatic nitrogens is 1. The van der Waals surface area contributed by atoms with Crippen molar-refractivity contribution < 1.29 is 4.79 Å². The lowest BCUT2D eigenvalue weighted by atomic mass is 10.1. The van der Waals surface area contributed by atoms with E-state index in [1.807, 2.05) is 37.3 Å². The number of carbonyl (C=O) groups is 1. The largest absolute Gasteiger partial charge is 0.347 e. The van der Waals surface area contributed by atoms with Gasteiger partial charge in [-0.25, -0.2) is 4.98 Å². The Bertz CT molecular complexity index is 884. The summed E-state index contributed by atoms with van der Waals surface area (Å²) < 4.78 is 0. The number of nitrogens with zero attached hydrogens (tertiary/aromatic N) is 1. The lowest BCUT2D eigenvalue weighted by molar-refractivity contribution is 0.0946. The Labute approximate surface area is 151 Å². The topological polar surface area (TPSA) is 54.0 Å². The molecule has 2 aromatic carbocycles. The molecule has 2 N–H and O–H groups in total. The first-order valence-electron chi connectivity index (χ1n) is 8.15. The fraction of sp³-hybridized carbons (Fsp3) is 0.200. The molecule has 1 heterocycles. The van der Waals surface area contributed by atoms with E-state index in [2.05, 4.69) is 41.6 Å². The molecule has 0 atom stereocenters. The van der Waals surface area contributed by atoms with Gasteiger partial charge in [0, 0.05) is 17.6 Å². The molecule has 0 bridgehead atoms. The van der Waals surface area contributed by atoms with Crippen LogP contribution in [0.25, 0.3) is 0 Å². The van der Waals surface area contributed by atoms with Crippen LogP contribution in [0.15, 0.2) is 47.8 Å². The summed E-state index contributed by atoms with van der Waals surface area (Å²) in [5.41, 5.74) is 6.16. The van der Waals surface area contributed by atoms with Crippen LogP contribution in [0.2, 0.25) is 0 Å². The minimum absolute atomic E-state index is 0.162. The molecule has 25 heavy (non-hydrogen) atoms. The summed E-state index contributed by atoms with van der Waals surface area (Å²) in [6.45, 7) is 6.70. The number of rotatable bonds is 5. The van der Waals surface area contributed by atoms with Crippen molar-refractivity contribution in [2.45, 2.75) is 27.3 Å². The van der Waals surface area contributed by atoms with E-state index in [0.717, 1.165) is 11.3 Å².